The number of hydrogen-bond acceptors (Lipinski definition) is 5. The zero-order valence-electron chi connectivity index (χ0n) is 19.7. The highest BCUT2D eigenvalue weighted by atomic mass is 16.5. The Balaban J connectivity index is 1.39. The number of anilines is 1. The summed E-state index contributed by atoms with van der Waals surface area (Å²) in [6.45, 7) is 2.77. The average molecular weight is 470 g/mol. The first-order chi connectivity index (χ1) is 17.1. The number of hydrogen-bond donors (Lipinski definition) is 1. The molecule has 4 aromatic rings. The van der Waals surface area contributed by atoms with Crippen molar-refractivity contribution in [3.05, 3.63) is 108 Å². The minimum atomic E-state index is -0.246. The summed E-state index contributed by atoms with van der Waals surface area (Å²) in [6, 6.07) is 29.6. The van der Waals surface area contributed by atoms with Crippen LogP contribution in [0.3, 0.4) is 0 Å². The number of nitrogens with one attached hydrogen (secondary N) is 1. The SMILES string of the molecule is CCOc1cc(C(=O)Nc2ccc(Oc3ccc(OC)cc3)cc2)ccc1OCc1ccccc1. The number of rotatable bonds is 10. The van der Waals surface area contributed by atoms with E-state index < -0.39 is 0 Å². The van der Waals surface area contributed by atoms with Crippen LogP contribution in [-0.2, 0) is 6.61 Å². The predicted octanol–water partition coefficient (Wildman–Crippen LogP) is 6.72. The van der Waals surface area contributed by atoms with Crippen molar-refractivity contribution >= 4 is 11.6 Å². The Labute approximate surface area is 205 Å². The Morgan fingerprint density at radius 2 is 1.40 bits per heavy atom. The number of benzene rings is 4. The fraction of sp³-hybridized carbons (Fsp3) is 0.138. The van der Waals surface area contributed by atoms with Gasteiger partial charge in [-0.15, -0.1) is 0 Å². The number of amides is 1. The molecule has 0 aliphatic heterocycles. The lowest BCUT2D eigenvalue weighted by Crippen LogP contribution is -2.12. The first-order valence-electron chi connectivity index (χ1n) is 11.3. The van der Waals surface area contributed by atoms with E-state index in [0.717, 1.165) is 11.3 Å². The monoisotopic (exact) mass is 469 g/mol. The molecule has 0 saturated carbocycles. The van der Waals surface area contributed by atoms with Gasteiger partial charge in [0.2, 0.25) is 0 Å². The summed E-state index contributed by atoms with van der Waals surface area (Å²) in [6.07, 6.45) is 0. The molecule has 0 bridgehead atoms. The summed E-state index contributed by atoms with van der Waals surface area (Å²) < 4.78 is 22.6. The second-order valence-electron chi connectivity index (χ2n) is 7.62. The normalized spacial score (nSPS) is 10.3. The van der Waals surface area contributed by atoms with E-state index in [4.69, 9.17) is 18.9 Å². The third kappa shape index (κ3) is 6.54. The number of ether oxygens (including phenoxy) is 4. The van der Waals surface area contributed by atoms with Crippen LogP contribution in [0.25, 0.3) is 0 Å². The van der Waals surface area contributed by atoms with Gasteiger partial charge in [0.1, 0.15) is 23.9 Å². The molecule has 4 aromatic carbocycles. The van der Waals surface area contributed by atoms with Gasteiger partial charge in [0, 0.05) is 11.3 Å². The minimum absolute atomic E-state index is 0.246. The van der Waals surface area contributed by atoms with Crippen LogP contribution >= 0.6 is 0 Å². The van der Waals surface area contributed by atoms with E-state index in [1.165, 1.54) is 0 Å². The molecule has 0 radical (unpaired) electrons. The van der Waals surface area contributed by atoms with E-state index in [1.807, 2.05) is 61.5 Å². The van der Waals surface area contributed by atoms with Gasteiger partial charge in [0.15, 0.2) is 11.5 Å². The van der Waals surface area contributed by atoms with Gasteiger partial charge in [-0.1, -0.05) is 30.3 Å². The van der Waals surface area contributed by atoms with Crippen LogP contribution in [0, 0.1) is 0 Å². The predicted molar refractivity (Wildman–Crippen MR) is 136 cm³/mol. The topological polar surface area (TPSA) is 66.0 Å². The van der Waals surface area contributed by atoms with Gasteiger partial charge in [-0.3, -0.25) is 4.79 Å². The molecule has 0 saturated heterocycles. The third-order valence-electron chi connectivity index (χ3n) is 5.15. The van der Waals surface area contributed by atoms with Crippen molar-refractivity contribution < 1.29 is 23.7 Å². The Hall–Kier alpha value is -4.45. The lowest BCUT2D eigenvalue weighted by molar-refractivity contribution is 0.102. The zero-order valence-corrected chi connectivity index (χ0v) is 19.7. The molecule has 0 fully saturated rings. The van der Waals surface area contributed by atoms with E-state index in [1.54, 1.807) is 49.6 Å². The van der Waals surface area contributed by atoms with Crippen LogP contribution in [0.1, 0.15) is 22.8 Å². The van der Waals surface area contributed by atoms with Crippen LogP contribution in [0.5, 0.6) is 28.7 Å². The van der Waals surface area contributed by atoms with Gasteiger partial charge in [0.25, 0.3) is 5.91 Å². The van der Waals surface area contributed by atoms with Gasteiger partial charge < -0.3 is 24.3 Å². The van der Waals surface area contributed by atoms with Gasteiger partial charge in [-0.25, -0.2) is 0 Å². The fourth-order valence-electron chi connectivity index (χ4n) is 3.36. The zero-order chi connectivity index (χ0) is 24.5. The molecule has 0 atom stereocenters. The molecule has 0 spiro atoms. The van der Waals surface area contributed by atoms with Crippen LogP contribution < -0.4 is 24.3 Å². The molecule has 0 aliphatic carbocycles. The Bertz CT molecular complexity index is 1240. The van der Waals surface area contributed by atoms with Crippen molar-refractivity contribution in [1.29, 1.82) is 0 Å². The number of carbonyl (C=O) groups is 1. The van der Waals surface area contributed by atoms with Crippen LogP contribution in [-0.4, -0.2) is 19.6 Å². The highest BCUT2D eigenvalue weighted by Gasteiger charge is 2.13. The van der Waals surface area contributed by atoms with Crippen molar-refractivity contribution in [3.63, 3.8) is 0 Å². The fourth-order valence-corrected chi connectivity index (χ4v) is 3.36. The molecule has 0 aliphatic rings. The highest BCUT2D eigenvalue weighted by molar-refractivity contribution is 6.04. The van der Waals surface area contributed by atoms with Crippen LogP contribution in [0.2, 0.25) is 0 Å². The first kappa shape index (κ1) is 23.7. The van der Waals surface area contributed by atoms with E-state index in [-0.39, 0.29) is 5.91 Å². The summed E-state index contributed by atoms with van der Waals surface area (Å²) >= 11 is 0. The van der Waals surface area contributed by atoms with Crippen molar-refractivity contribution in [2.75, 3.05) is 19.0 Å². The van der Waals surface area contributed by atoms with Gasteiger partial charge in [-0.05, 0) is 79.2 Å². The lowest BCUT2D eigenvalue weighted by atomic mass is 10.1. The van der Waals surface area contributed by atoms with Gasteiger partial charge in [0.05, 0.1) is 13.7 Å². The largest absolute Gasteiger partial charge is 0.497 e. The molecule has 6 nitrogen and oxygen atoms in total. The van der Waals surface area contributed by atoms with Crippen molar-refractivity contribution in [1.82, 2.24) is 0 Å². The summed E-state index contributed by atoms with van der Waals surface area (Å²) in [5, 5.41) is 2.90. The smallest absolute Gasteiger partial charge is 0.255 e. The molecule has 0 aromatic heterocycles. The van der Waals surface area contributed by atoms with E-state index >= 15 is 0 Å². The van der Waals surface area contributed by atoms with Crippen LogP contribution in [0.15, 0.2) is 97.1 Å². The Kier molecular flexibility index (Phi) is 7.86. The molecule has 0 unspecified atom stereocenters. The molecule has 35 heavy (non-hydrogen) atoms. The Morgan fingerprint density at radius 3 is 2.06 bits per heavy atom. The molecule has 1 amide bonds. The molecule has 4 rings (SSSR count). The molecular weight excluding hydrogens is 442 g/mol. The van der Waals surface area contributed by atoms with Crippen molar-refractivity contribution in [3.8, 4) is 28.7 Å². The molecule has 1 N–H and O–H groups in total. The van der Waals surface area contributed by atoms with Gasteiger partial charge >= 0.3 is 0 Å². The highest BCUT2D eigenvalue weighted by Crippen LogP contribution is 2.30. The van der Waals surface area contributed by atoms with E-state index in [9.17, 15) is 4.79 Å². The number of carbonyl (C=O) groups excluding carboxylic acids is 1. The minimum Gasteiger partial charge on any atom is -0.497 e. The summed E-state index contributed by atoms with van der Waals surface area (Å²) in [7, 11) is 1.62. The van der Waals surface area contributed by atoms with Crippen molar-refractivity contribution in [2.24, 2.45) is 0 Å². The van der Waals surface area contributed by atoms with E-state index in [0.29, 0.717) is 47.5 Å². The van der Waals surface area contributed by atoms with Crippen molar-refractivity contribution in [2.45, 2.75) is 13.5 Å². The quantitative estimate of drug-likeness (QED) is 0.279. The summed E-state index contributed by atoms with van der Waals surface area (Å²) in [5.74, 6) is 2.99. The molecule has 6 heteroatoms. The van der Waals surface area contributed by atoms with Crippen LogP contribution in [0.4, 0.5) is 5.69 Å². The maximum Gasteiger partial charge on any atom is 0.255 e. The standard InChI is InChI=1S/C29H27NO5/c1-3-33-28-19-22(9-18-27(28)34-20-21-7-5-4-6-8-21)29(31)30-23-10-12-25(13-11-23)35-26-16-14-24(32-2)15-17-26/h4-19H,3,20H2,1-2H3,(H,30,31). The lowest BCUT2D eigenvalue weighted by Gasteiger charge is -2.14. The van der Waals surface area contributed by atoms with E-state index in [2.05, 4.69) is 5.32 Å². The van der Waals surface area contributed by atoms with Gasteiger partial charge in [-0.2, -0.15) is 0 Å². The second-order valence-corrected chi connectivity index (χ2v) is 7.62. The summed E-state index contributed by atoms with van der Waals surface area (Å²) in [4.78, 5) is 12.8. The molecular formula is C29H27NO5. The molecule has 0 heterocycles. The third-order valence-corrected chi connectivity index (χ3v) is 5.15. The average Bonchev–Trinajstić information content (AvgIpc) is 2.90. The second kappa shape index (κ2) is 11.6. The number of methoxy groups -OCH3 is 1. The summed E-state index contributed by atoms with van der Waals surface area (Å²) in [5.41, 5.74) is 2.18. The molecule has 178 valence electrons. The Morgan fingerprint density at radius 1 is 0.743 bits per heavy atom. The maximum atomic E-state index is 12.8. The maximum absolute atomic E-state index is 12.8. The first-order valence-corrected chi connectivity index (χ1v) is 11.3.